The van der Waals surface area contributed by atoms with Crippen LogP contribution in [0.25, 0.3) is 10.2 Å². The van der Waals surface area contributed by atoms with Gasteiger partial charge in [0.1, 0.15) is 17.0 Å². The predicted molar refractivity (Wildman–Crippen MR) is 118 cm³/mol. The Morgan fingerprint density at radius 1 is 1.07 bits per heavy atom. The Labute approximate surface area is 170 Å². The van der Waals surface area contributed by atoms with Gasteiger partial charge in [0.2, 0.25) is 0 Å². The monoisotopic (exact) mass is 393 g/mol. The van der Waals surface area contributed by atoms with E-state index in [1.54, 1.807) is 6.33 Å². The second-order valence-corrected chi connectivity index (χ2v) is 9.30. The Bertz CT molecular complexity index is 973. The lowest BCUT2D eigenvalue weighted by Crippen LogP contribution is -2.44. The third kappa shape index (κ3) is 3.35. The highest BCUT2D eigenvalue weighted by Crippen LogP contribution is 2.40. The molecule has 1 atom stereocenters. The van der Waals surface area contributed by atoms with Crippen LogP contribution < -0.4 is 10.2 Å². The molecule has 2 aliphatic rings. The summed E-state index contributed by atoms with van der Waals surface area (Å²) in [6.07, 6.45) is 5.26. The molecule has 1 aliphatic heterocycles. The van der Waals surface area contributed by atoms with E-state index in [0.29, 0.717) is 0 Å². The molecule has 0 saturated carbocycles. The van der Waals surface area contributed by atoms with Crippen molar-refractivity contribution in [1.29, 1.82) is 0 Å². The minimum Gasteiger partial charge on any atom is -0.369 e. The van der Waals surface area contributed by atoms with Crippen LogP contribution >= 0.6 is 11.3 Å². The van der Waals surface area contributed by atoms with Crippen molar-refractivity contribution in [2.24, 2.45) is 5.92 Å². The lowest BCUT2D eigenvalue weighted by Gasteiger charge is -2.34. The van der Waals surface area contributed by atoms with Crippen molar-refractivity contribution in [2.45, 2.75) is 26.2 Å². The molecule has 146 valence electrons. The highest BCUT2D eigenvalue weighted by molar-refractivity contribution is 7.19. The molecular weight excluding hydrogens is 366 g/mol. The average molecular weight is 394 g/mol. The van der Waals surface area contributed by atoms with E-state index < -0.39 is 0 Å². The number of nitrogens with zero attached hydrogens (tertiary/aromatic N) is 4. The minimum atomic E-state index is 0.770. The van der Waals surface area contributed by atoms with Gasteiger partial charge < -0.3 is 15.1 Å². The van der Waals surface area contributed by atoms with Gasteiger partial charge in [-0.2, -0.15) is 0 Å². The number of aryl methyl sites for hydroxylation is 1. The first-order valence-corrected chi connectivity index (χ1v) is 11.0. The Kier molecular flexibility index (Phi) is 4.69. The van der Waals surface area contributed by atoms with E-state index in [1.807, 2.05) is 11.3 Å². The van der Waals surface area contributed by atoms with E-state index in [9.17, 15) is 0 Å². The summed E-state index contributed by atoms with van der Waals surface area (Å²) >= 11 is 1.85. The SMILES string of the molecule is C[C@H]1CCc2c(sc3ncnc(Nc4ccc(N5CCN(C)CC5)cc4)c23)C1. The first-order valence-electron chi connectivity index (χ1n) is 10.2. The molecule has 0 unspecified atom stereocenters. The van der Waals surface area contributed by atoms with Gasteiger partial charge in [-0.15, -0.1) is 11.3 Å². The zero-order valence-electron chi connectivity index (χ0n) is 16.6. The lowest BCUT2D eigenvalue weighted by atomic mass is 9.89. The molecular formula is C22H27N5S. The highest BCUT2D eigenvalue weighted by Gasteiger charge is 2.23. The zero-order valence-corrected chi connectivity index (χ0v) is 17.4. The molecule has 0 amide bonds. The van der Waals surface area contributed by atoms with Crippen molar-refractivity contribution in [3.8, 4) is 0 Å². The van der Waals surface area contributed by atoms with Crippen LogP contribution in [-0.4, -0.2) is 48.1 Å². The fourth-order valence-electron chi connectivity index (χ4n) is 4.33. The van der Waals surface area contributed by atoms with E-state index in [4.69, 9.17) is 0 Å². The van der Waals surface area contributed by atoms with Crippen molar-refractivity contribution in [1.82, 2.24) is 14.9 Å². The lowest BCUT2D eigenvalue weighted by molar-refractivity contribution is 0.313. The number of hydrogen-bond acceptors (Lipinski definition) is 6. The molecule has 1 N–H and O–H groups in total. The summed E-state index contributed by atoms with van der Waals surface area (Å²) in [4.78, 5) is 16.6. The van der Waals surface area contributed by atoms with E-state index in [1.165, 1.54) is 34.4 Å². The summed E-state index contributed by atoms with van der Waals surface area (Å²) in [7, 11) is 2.19. The van der Waals surface area contributed by atoms with E-state index in [-0.39, 0.29) is 0 Å². The van der Waals surface area contributed by atoms with Gasteiger partial charge >= 0.3 is 0 Å². The van der Waals surface area contributed by atoms with Crippen LogP contribution in [0.3, 0.4) is 0 Å². The Morgan fingerprint density at radius 2 is 1.86 bits per heavy atom. The van der Waals surface area contributed by atoms with Crippen molar-refractivity contribution in [2.75, 3.05) is 43.4 Å². The van der Waals surface area contributed by atoms with Crippen molar-refractivity contribution in [3.63, 3.8) is 0 Å². The number of rotatable bonds is 3. The molecule has 5 nitrogen and oxygen atoms in total. The summed E-state index contributed by atoms with van der Waals surface area (Å²) in [5.74, 6) is 1.72. The highest BCUT2D eigenvalue weighted by atomic mass is 32.1. The van der Waals surface area contributed by atoms with Crippen LogP contribution in [0.2, 0.25) is 0 Å². The third-order valence-electron chi connectivity index (χ3n) is 6.09. The van der Waals surface area contributed by atoms with Crippen LogP contribution in [0, 0.1) is 5.92 Å². The van der Waals surface area contributed by atoms with E-state index in [0.717, 1.165) is 54.9 Å². The molecule has 3 heterocycles. The van der Waals surface area contributed by atoms with Gasteiger partial charge in [-0.3, -0.25) is 0 Å². The molecule has 0 radical (unpaired) electrons. The van der Waals surface area contributed by atoms with Gasteiger partial charge in [-0.05, 0) is 62.1 Å². The number of fused-ring (bicyclic) bond motifs is 3. The number of likely N-dealkylation sites (N-methyl/N-ethyl adjacent to an activating group) is 1. The zero-order chi connectivity index (χ0) is 19.1. The van der Waals surface area contributed by atoms with Gasteiger partial charge in [0.15, 0.2) is 0 Å². The first kappa shape index (κ1) is 17.9. The standard InChI is InChI=1S/C22H27N5S/c1-15-3-8-18-19(13-15)28-22-20(18)21(23-14-24-22)25-16-4-6-17(7-5-16)27-11-9-26(2)10-12-27/h4-7,14-15H,3,8-13H2,1-2H3,(H,23,24,25)/t15-/m0/s1. The molecule has 2 aromatic heterocycles. The topological polar surface area (TPSA) is 44.3 Å². The van der Waals surface area contributed by atoms with Gasteiger partial charge in [-0.1, -0.05) is 6.92 Å². The molecule has 5 rings (SSSR count). The van der Waals surface area contributed by atoms with Crippen LogP contribution in [0.4, 0.5) is 17.2 Å². The number of anilines is 3. The quantitative estimate of drug-likeness (QED) is 0.718. The maximum absolute atomic E-state index is 4.59. The molecule has 3 aromatic rings. The van der Waals surface area contributed by atoms with E-state index in [2.05, 4.69) is 63.3 Å². The summed E-state index contributed by atoms with van der Waals surface area (Å²) in [5, 5.41) is 4.79. The fraction of sp³-hybridized carbons (Fsp3) is 0.455. The number of nitrogens with one attached hydrogen (secondary N) is 1. The summed E-state index contributed by atoms with van der Waals surface area (Å²) in [6, 6.07) is 8.78. The number of piperazine rings is 1. The summed E-state index contributed by atoms with van der Waals surface area (Å²) in [6.45, 7) is 6.78. The maximum Gasteiger partial charge on any atom is 0.142 e. The molecule has 1 fully saturated rings. The van der Waals surface area contributed by atoms with Gasteiger partial charge in [0.05, 0.1) is 5.39 Å². The first-order chi connectivity index (χ1) is 13.7. The number of benzene rings is 1. The molecule has 1 aromatic carbocycles. The second kappa shape index (κ2) is 7.33. The van der Waals surface area contributed by atoms with Gasteiger partial charge in [0, 0.05) is 42.4 Å². The maximum atomic E-state index is 4.59. The molecule has 0 spiro atoms. The van der Waals surface area contributed by atoms with E-state index >= 15 is 0 Å². The Hall–Kier alpha value is -2.18. The third-order valence-corrected chi connectivity index (χ3v) is 7.25. The Morgan fingerprint density at radius 3 is 2.64 bits per heavy atom. The van der Waals surface area contributed by atoms with Gasteiger partial charge in [0.25, 0.3) is 0 Å². The molecule has 0 bridgehead atoms. The summed E-state index contributed by atoms with van der Waals surface area (Å²) in [5.41, 5.74) is 3.85. The smallest absolute Gasteiger partial charge is 0.142 e. The second-order valence-electron chi connectivity index (χ2n) is 8.22. The normalized spacial score (nSPS) is 20.4. The van der Waals surface area contributed by atoms with Crippen molar-refractivity contribution >= 4 is 38.7 Å². The largest absolute Gasteiger partial charge is 0.369 e. The van der Waals surface area contributed by atoms with Gasteiger partial charge in [-0.25, -0.2) is 9.97 Å². The summed E-state index contributed by atoms with van der Waals surface area (Å²) < 4.78 is 0. The van der Waals surface area contributed by atoms with Crippen molar-refractivity contribution < 1.29 is 0 Å². The van der Waals surface area contributed by atoms with Crippen LogP contribution in [0.15, 0.2) is 30.6 Å². The fourth-order valence-corrected chi connectivity index (χ4v) is 5.68. The minimum absolute atomic E-state index is 0.770. The molecule has 1 aliphatic carbocycles. The van der Waals surface area contributed by atoms with Crippen LogP contribution in [0.5, 0.6) is 0 Å². The number of aromatic nitrogens is 2. The van der Waals surface area contributed by atoms with Crippen LogP contribution in [-0.2, 0) is 12.8 Å². The van der Waals surface area contributed by atoms with Crippen LogP contribution in [0.1, 0.15) is 23.8 Å². The molecule has 28 heavy (non-hydrogen) atoms. The Balaban J connectivity index is 1.40. The molecule has 1 saturated heterocycles. The predicted octanol–water partition coefficient (Wildman–Crippen LogP) is 4.31. The number of thiophene rings is 1. The average Bonchev–Trinajstić information content (AvgIpc) is 3.07. The van der Waals surface area contributed by atoms with Crippen molar-refractivity contribution in [3.05, 3.63) is 41.0 Å². The number of hydrogen-bond donors (Lipinski definition) is 1. The molecule has 6 heteroatoms.